The number of fused-ring (bicyclic) bond motifs is 1. The fourth-order valence-corrected chi connectivity index (χ4v) is 3.19. The van der Waals surface area contributed by atoms with Gasteiger partial charge >= 0.3 is 0 Å². The lowest BCUT2D eigenvalue weighted by Crippen LogP contribution is -2.27. The van der Waals surface area contributed by atoms with E-state index in [-0.39, 0.29) is 12.7 Å². The third kappa shape index (κ3) is 3.95. The normalized spacial score (nSPS) is 12.0. The van der Waals surface area contributed by atoms with Gasteiger partial charge < -0.3 is 14.4 Å². The molecule has 136 valence electrons. The van der Waals surface area contributed by atoms with Crippen molar-refractivity contribution in [1.82, 2.24) is 4.90 Å². The molecule has 0 unspecified atom stereocenters. The molecule has 3 aromatic carbocycles. The van der Waals surface area contributed by atoms with Gasteiger partial charge in [-0.15, -0.1) is 0 Å². The van der Waals surface area contributed by atoms with Crippen molar-refractivity contribution in [3.8, 4) is 22.6 Å². The number of ether oxygens (including phenoxy) is 2. The van der Waals surface area contributed by atoms with Gasteiger partial charge in [-0.1, -0.05) is 60.7 Å². The van der Waals surface area contributed by atoms with Crippen molar-refractivity contribution >= 4 is 5.91 Å². The smallest absolute Gasteiger partial charge is 0.231 e. The van der Waals surface area contributed by atoms with E-state index < -0.39 is 0 Å². The molecule has 1 amide bonds. The summed E-state index contributed by atoms with van der Waals surface area (Å²) in [5, 5.41) is 0. The maximum absolute atomic E-state index is 12.1. The van der Waals surface area contributed by atoms with Gasteiger partial charge in [-0.05, 0) is 34.4 Å². The molecule has 1 aliphatic rings. The minimum absolute atomic E-state index is 0.0415. The molecule has 27 heavy (non-hydrogen) atoms. The monoisotopic (exact) mass is 359 g/mol. The number of amides is 1. The molecule has 0 spiro atoms. The van der Waals surface area contributed by atoms with E-state index in [1.54, 1.807) is 6.92 Å². The van der Waals surface area contributed by atoms with Crippen molar-refractivity contribution in [3.05, 3.63) is 83.9 Å². The molecule has 0 aromatic heterocycles. The van der Waals surface area contributed by atoms with Crippen LogP contribution in [0, 0.1) is 0 Å². The van der Waals surface area contributed by atoms with Crippen molar-refractivity contribution in [1.29, 1.82) is 0 Å². The van der Waals surface area contributed by atoms with Crippen molar-refractivity contribution in [2.75, 3.05) is 6.79 Å². The van der Waals surface area contributed by atoms with Gasteiger partial charge in [0.15, 0.2) is 11.5 Å². The summed E-state index contributed by atoms with van der Waals surface area (Å²) in [6, 6.07) is 24.4. The summed E-state index contributed by atoms with van der Waals surface area (Å²) >= 11 is 0. The maximum atomic E-state index is 12.1. The number of carbonyl (C=O) groups excluding carboxylic acids is 1. The second-order valence-electron chi connectivity index (χ2n) is 6.63. The van der Waals surface area contributed by atoms with Gasteiger partial charge in [0.1, 0.15) is 0 Å². The van der Waals surface area contributed by atoms with Crippen LogP contribution in [-0.2, 0) is 17.9 Å². The highest BCUT2D eigenvalue weighted by atomic mass is 16.7. The molecular weight excluding hydrogens is 338 g/mol. The van der Waals surface area contributed by atoms with Gasteiger partial charge in [0.2, 0.25) is 12.7 Å². The van der Waals surface area contributed by atoms with Gasteiger partial charge in [-0.2, -0.15) is 0 Å². The molecule has 0 N–H and O–H groups in total. The Labute approximate surface area is 159 Å². The van der Waals surface area contributed by atoms with Crippen LogP contribution in [0.2, 0.25) is 0 Å². The van der Waals surface area contributed by atoms with Crippen LogP contribution in [0.25, 0.3) is 11.1 Å². The fraction of sp³-hybridized carbons (Fsp3) is 0.174. The average molecular weight is 359 g/mol. The third-order valence-electron chi connectivity index (χ3n) is 4.69. The quantitative estimate of drug-likeness (QED) is 0.667. The summed E-state index contributed by atoms with van der Waals surface area (Å²) in [4.78, 5) is 14.0. The molecule has 4 rings (SSSR count). The number of hydrogen-bond donors (Lipinski definition) is 0. The topological polar surface area (TPSA) is 38.8 Å². The van der Waals surface area contributed by atoms with Crippen LogP contribution in [0.5, 0.6) is 11.5 Å². The van der Waals surface area contributed by atoms with Crippen LogP contribution in [-0.4, -0.2) is 17.6 Å². The predicted octanol–water partition coefficient (Wildman–Crippen LogP) is 4.63. The number of rotatable bonds is 5. The zero-order chi connectivity index (χ0) is 18.6. The Kier molecular flexibility index (Phi) is 4.79. The van der Waals surface area contributed by atoms with E-state index in [0.29, 0.717) is 13.1 Å². The van der Waals surface area contributed by atoms with Crippen molar-refractivity contribution in [2.45, 2.75) is 20.0 Å². The Morgan fingerprint density at radius 1 is 0.815 bits per heavy atom. The fourth-order valence-electron chi connectivity index (χ4n) is 3.19. The first-order chi connectivity index (χ1) is 13.2. The summed E-state index contributed by atoms with van der Waals surface area (Å²) in [6.45, 7) is 2.96. The highest BCUT2D eigenvalue weighted by molar-refractivity contribution is 5.73. The van der Waals surface area contributed by atoms with E-state index in [4.69, 9.17) is 9.47 Å². The molecule has 0 fully saturated rings. The lowest BCUT2D eigenvalue weighted by atomic mass is 10.0. The minimum atomic E-state index is 0.0415. The van der Waals surface area contributed by atoms with Gasteiger partial charge in [0.05, 0.1) is 0 Å². The lowest BCUT2D eigenvalue weighted by Gasteiger charge is -2.21. The molecule has 0 saturated heterocycles. The molecule has 0 atom stereocenters. The highest BCUT2D eigenvalue weighted by Crippen LogP contribution is 2.33. The Morgan fingerprint density at radius 2 is 1.44 bits per heavy atom. The second kappa shape index (κ2) is 7.54. The van der Waals surface area contributed by atoms with Gasteiger partial charge in [-0.3, -0.25) is 4.79 Å². The minimum Gasteiger partial charge on any atom is -0.454 e. The first-order valence-corrected chi connectivity index (χ1v) is 8.97. The summed E-state index contributed by atoms with van der Waals surface area (Å²) in [7, 11) is 0. The summed E-state index contributed by atoms with van der Waals surface area (Å²) < 4.78 is 10.8. The second-order valence-corrected chi connectivity index (χ2v) is 6.63. The Bertz CT molecular complexity index is 936. The largest absolute Gasteiger partial charge is 0.454 e. The summed E-state index contributed by atoms with van der Waals surface area (Å²) in [5.74, 6) is 1.53. The standard InChI is InChI=1S/C23H21NO3/c1-17(25)24(15-19-9-12-22-23(13-19)27-16-26-22)14-18-7-10-21(11-8-18)20-5-3-2-4-6-20/h2-13H,14-16H2,1H3. The average Bonchev–Trinajstić information content (AvgIpc) is 3.16. The highest BCUT2D eigenvalue weighted by Gasteiger charge is 2.16. The third-order valence-corrected chi connectivity index (χ3v) is 4.69. The van der Waals surface area contributed by atoms with E-state index in [1.807, 2.05) is 41.3 Å². The van der Waals surface area contributed by atoms with Crippen LogP contribution in [0.4, 0.5) is 0 Å². The van der Waals surface area contributed by atoms with Crippen LogP contribution in [0.1, 0.15) is 18.1 Å². The molecular formula is C23H21NO3. The lowest BCUT2D eigenvalue weighted by molar-refractivity contribution is -0.130. The molecule has 0 aliphatic carbocycles. The van der Waals surface area contributed by atoms with Crippen molar-refractivity contribution in [3.63, 3.8) is 0 Å². The van der Waals surface area contributed by atoms with E-state index in [1.165, 1.54) is 11.1 Å². The van der Waals surface area contributed by atoms with Crippen LogP contribution >= 0.6 is 0 Å². The Morgan fingerprint density at radius 3 is 2.19 bits per heavy atom. The van der Waals surface area contributed by atoms with E-state index >= 15 is 0 Å². The van der Waals surface area contributed by atoms with Crippen LogP contribution in [0.3, 0.4) is 0 Å². The molecule has 4 heteroatoms. The maximum Gasteiger partial charge on any atom is 0.231 e. The summed E-state index contributed by atoms with van der Waals surface area (Å²) in [5.41, 5.74) is 4.48. The predicted molar refractivity (Wildman–Crippen MR) is 104 cm³/mol. The van der Waals surface area contributed by atoms with Gasteiger partial charge in [-0.25, -0.2) is 0 Å². The zero-order valence-corrected chi connectivity index (χ0v) is 15.2. The van der Waals surface area contributed by atoms with E-state index in [2.05, 4.69) is 36.4 Å². The van der Waals surface area contributed by atoms with Gasteiger partial charge in [0, 0.05) is 20.0 Å². The first-order valence-electron chi connectivity index (χ1n) is 8.97. The zero-order valence-electron chi connectivity index (χ0n) is 15.2. The van der Waals surface area contributed by atoms with Crippen molar-refractivity contribution < 1.29 is 14.3 Å². The van der Waals surface area contributed by atoms with Gasteiger partial charge in [0.25, 0.3) is 0 Å². The summed E-state index contributed by atoms with van der Waals surface area (Å²) in [6.07, 6.45) is 0. The Balaban J connectivity index is 1.48. The van der Waals surface area contributed by atoms with Crippen molar-refractivity contribution in [2.24, 2.45) is 0 Å². The number of nitrogens with zero attached hydrogens (tertiary/aromatic N) is 1. The molecule has 0 bridgehead atoms. The SMILES string of the molecule is CC(=O)N(Cc1ccc(-c2ccccc2)cc1)Cc1ccc2c(c1)OCO2. The molecule has 0 saturated carbocycles. The number of hydrogen-bond acceptors (Lipinski definition) is 3. The number of carbonyl (C=O) groups is 1. The van der Waals surface area contributed by atoms with E-state index in [9.17, 15) is 4.79 Å². The molecule has 3 aromatic rings. The van der Waals surface area contributed by atoms with Crippen LogP contribution < -0.4 is 9.47 Å². The molecule has 1 heterocycles. The van der Waals surface area contributed by atoms with E-state index in [0.717, 1.165) is 22.6 Å². The molecule has 4 nitrogen and oxygen atoms in total. The van der Waals surface area contributed by atoms with Crippen LogP contribution in [0.15, 0.2) is 72.8 Å². The Hall–Kier alpha value is -3.27. The molecule has 0 radical (unpaired) electrons. The first kappa shape index (κ1) is 17.2. The molecule has 1 aliphatic heterocycles. The number of benzene rings is 3.